The molecule has 0 radical (unpaired) electrons. The zero-order chi connectivity index (χ0) is 37.2. The van der Waals surface area contributed by atoms with Gasteiger partial charge in [0.15, 0.2) is 4.90 Å². The molecule has 1 saturated carbocycles. The minimum atomic E-state index is -1.82. The van der Waals surface area contributed by atoms with Gasteiger partial charge < -0.3 is 23.7 Å². The van der Waals surface area contributed by atoms with Gasteiger partial charge in [0.25, 0.3) is 11.8 Å². The number of aliphatic imine (C=N–C) groups is 1. The maximum Gasteiger partial charge on any atom is 0.295 e. The van der Waals surface area contributed by atoms with E-state index < -0.39 is 28.8 Å². The molecule has 2 aromatic carbocycles. The second kappa shape index (κ2) is 15.7. The Morgan fingerprint density at radius 2 is 2.10 bits per heavy atom. The van der Waals surface area contributed by atoms with Crippen molar-refractivity contribution >= 4 is 47.2 Å². The lowest BCUT2D eigenvalue weighted by molar-refractivity contribution is -0.137. The average Bonchev–Trinajstić information content (AvgIpc) is 3.37. The smallest absolute Gasteiger partial charge is 0.295 e. The first-order chi connectivity index (χ1) is 24.9. The average molecular weight is 750 g/mol. The Bertz CT molecular complexity index is 1850. The van der Waals surface area contributed by atoms with Crippen molar-refractivity contribution in [1.29, 1.82) is 0 Å². The minimum Gasteiger partial charge on any atom is -0.588 e. The van der Waals surface area contributed by atoms with Gasteiger partial charge in [-0.3, -0.25) is 14.3 Å². The summed E-state index contributed by atoms with van der Waals surface area (Å²) in [5.74, 6) is 0.417. The van der Waals surface area contributed by atoms with Crippen LogP contribution in [-0.2, 0) is 44.5 Å². The zero-order valence-corrected chi connectivity index (χ0v) is 32.1. The Labute approximate surface area is 314 Å². The Kier molecular flexibility index (Phi) is 11.5. The second-order valence-electron chi connectivity index (χ2n) is 14.6. The molecule has 1 unspecified atom stereocenters. The number of ether oxygens (including phenoxy) is 3. The number of carbonyl (C=O) groups excluding carboxylic acids is 2. The lowest BCUT2D eigenvalue weighted by Gasteiger charge is -2.46. The van der Waals surface area contributed by atoms with E-state index in [4.69, 9.17) is 25.8 Å². The normalized spacial score (nSPS) is 22.5. The number of rotatable bonds is 12. The van der Waals surface area contributed by atoms with Crippen LogP contribution in [0.25, 0.3) is 0 Å². The van der Waals surface area contributed by atoms with Crippen LogP contribution >= 0.6 is 11.6 Å². The van der Waals surface area contributed by atoms with Gasteiger partial charge in [0, 0.05) is 49.4 Å². The van der Waals surface area contributed by atoms with Crippen LogP contribution in [0.3, 0.4) is 0 Å². The summed E-state index contributed by atoms with van der Waals surface area (Å²) in [5.41, 5.74) is 3.10. The Morgan fingerprint density at radius 1 is 1.29 bits per heavy atom. The van der Waals surface area contributed by atoms with Crippen LogP contribution in [0.15, 0.2) is 64.6 Å². The highest BCUT2D eigenvalue weighted by Crippen LogP contribution is 2.47. The van der Waals surface area contributed by atoms with E-state index in [2.05, 4.69) is 38.6 Å². The number of aromatic nitrogens is 2. The third-order valence-electron chi connectivity index (χ3n) is 11.0. The largest absolute Gasteiger partial charge is 0.588 e. The van der Waals surface area contributed by atoms with E-state index in [9.17, 15) is 14.1 Å². The van der Waals surface area contributed by atoms with Crippen LogP contribution in [-0.4, -0.2) is 78.0 Å². The number of aryl methyl sites for hydroxylation is 2. The Hall–Kier alpha value is -3.68. The number of halogens is 1. The van der Waals surface area contributed by atoms with Gasteiger partial charge in [-0.1, -0.05) is 29.8 Å². The van der Waals surface area contributed by atoms with Crippen molar-refractivity contribution in [3.8, 4) is 5.75 Å². The van der Waals surface area contributed by atoms with Gasteiger partial charge in [0.2, 0.25) is 0 Å². The molecule has 52 heavy (non-hydrogen) atoms. The van der Waals surface area contributed by atoms with E-state index in [0.29, 0.717) is 35.2 Å². The van der Waals surface area contributed by atoms with Crippen molar-refractivity contribution in [1.82, 2.24) is 14.5 Å². The number of benzene rings is 2. The van der Waals surface area contributed by atoms with Crippen LogP contribution in [0, 0.1) is 18.8 Å². The van der Waals surface area contributed by atoms with Crippen LogP contribution < -0.4 is 14.4 Å². The van der Waals surface area contributed by atoms with Gasteiger partial charge in [-0.2, -0.15) is 9.82 Å². The number of hydrogen-bond donors (Lipinski definition) is 1. The minimum absolute atomic E-state index is 0.141. The monoisotopic (exact) mass is 749 g/mol. The van der Waals surface area contributed by atoms with Crippen LogP contribution in [0.4, 0.5) is 5.69 Å². The molecular formula is C39H48ClN5O6S. The highest BCUT2D eigenvalue weighted by Gasteiger charge is 2.44. The van der Waals surface area contributed by atoms with Crippen LogP contribution in [0.5, 0.6) is 5.75 Å². The van der Waals surface area contributed by atoms with Crippen molar-refractivity contribution in [3.05, 3.63) is 82.2 Å². The zero-order valence-electron chi connectivity index (χ0n) is 30.5. The molecule has 3 aliphatic rings. The molecule has 2 heterocycles. The third kappa shape index (κ3) is 7.82. The molecule has 5 atom stereocenters. The Balaban J connectivity index is 1.26. The first-order valence-corrected chi connectivity index (χ1v) is 19.2. The number of carbonyl (C=O) groups is 2. The molecule has 11 nitrogen and oxygen atoms in total. The van der Waals surface area contributed by atoms with Crippen LogP contribution in [0.1, 0.15) is 66.7 Å². The maximum atomic E-state index is 13.6. The summed E-state index contributed by atoms with van der Waals surface area (Å²) in [6.07, 6.45) is 10.2. The van der Waals surface area contributed by atoms with Crippen molar-refractivity contribution in [2.45, 2.75) is 74.9 Å². The summed E-state index contributed by atoms with van der Waals surface area (Å²) >= 11 is 4.64. The molecule has 278 valence electrons. The first kappa shape index (κ1) is 38.1. The summed E-state index contributed by atoms with van der Waals surface area (Å²) < 4.78 is 36.3. The standard InChI is InChI=1S/C39H48ClN5O6S/c1-25-31(21-42-44(25)5)36(46)43-52(48)29-13-16-35-33(20-29)45(23-39(24-50-35)17-7-9-26-19-28(40)12-15-32(26)39)22-27-11-14-30(27)34(49-6)10-8-18-51-38(2,3)37(47)41-4/h8,10,12-13,15-16,19-21,27,30,34H,4,7,9,11,14,17-18,22-24H2,1-3,5-6H3,(H,43,46)/b10-8+/t27-,30+,34+,39-,52?/m0/s1. The van der Waals surface area contributed by atoms with E-state index >= 15 is 0 Å². The highest BCUT2D eigenvalue weighted by atomic mass is 35.5. The van der Waals surface area contributed by atoms with Crippen LogP contribution in [0.2, 0.25) is 5.02 Å². The number of nitrogens with one attached hydrogen (secondary N) is 1. The quantitative estimate of drug-likeness (QED) is 0.137. The van der Waals surface area contributed by atoms with Crippen molar-refractivity contribution in [2.75, 3.05) is 38.3 Å². The topological polar surface area (TPSA) is 130 Å². The fourth-order valence-electron chi connectivity index (χ4n) is 7.76. The summed E-state index contributed by atoms with van der Waals surface area (Å²) in [6.45, 7) is 10.7. The molecule has 2 amide bonds. The van der Waals surface area contributed by atoms with Gasteiger partial charge in [0.05, 0.1) is 36.8 Å². The molecular weight excluding hydrogens is 702 g/mol. The molecule has 1 N–H and O–H groups in total. The second-order valence-corrected chi connectivity index (χ2v) is 16.3. The van der Waals surface area contributed by atoms with Gasteiger partial charge in [-0.25, -0.2) is 4.99 Å². The maximum absolute atomic E-state index is 13.6. The number of hydrogen-bond acceptors (Lipinski definition) is 8. The van der Waals surface area contributed by atoms with Crippen molar-refractivity contribution in [3.63, 3.8) is 0 Å². The SMILES string of the molecule is C=NC(=O)C(C)(C)OC/C=C/[C@@H](OC)[C@@H]1CC[C@H]1CN1C[C@@]2(CCCc3cc(Cl)ccc32)COc2ccc([S+]([O-])NC(=O)c3cnn(C)c3C)cc21. The van der Waals surface area contributed by atoms with Gasteiger partial charge in [-0.15, -0.1) is 0 Å². The molecule has 13 heteroatoms. The molecule has 1 fully saturated rings. The van der Waals surface area contributed by atoms with Gasteiger partial charge in [0.1, 0.15) is 22.7 Å². The van der Waals surface area contributed by atoms with Gasteiger partial charge in [-0.05, 0) is 107 Å². The molecule has 1 aliphatic heterocycles. The summed E-state index contributed by atoms with van der Waals surface area (Å²) in [5, 5.41) is 4.88. The van der Waals surface area contributed by atoms with Crippen molar-refractivity contribution in [2.24, 2.45) is 23.9 Å². The Morgan fingerprint density at radius 3 is 2.79 bits per heavy atom. The molecule has 6 rings (SSSR count). The number of nitrogens with zero attached hydrogens (tertiary/aromatic N) is 4. The molecule has 1 spiro atoms. The summed E-state index contributed by atoms with van der Waals surface area (Å²) in [6, 6.07) is 11.7. The number of amides is 2. The molecule has 0 saturated heterocycles. The lowest BCUT2D eigenvalue weighted by Crippen LogP contribution is -2.49. The van der Waals surface area contributed by atoms with E-state index in [1.807, 2.05) is 30.4 Å². The van der Waals surface area contributed by atoms with E-state index in [0.717, 1.165) is 55.1 Å². The lowest BCUT2D eigenvalue weighted by atomic mass is 9.68. The third-order valence-corrected chi connectivity index (χ3v) is 12.3. The fourth-order valence-corrected chi connectivity index (χ4v) is 8.76. The first-order valence-electron chi connectivity index (χ1n) is 17.7. The number of anilines is 1. The molecule has 3 aromatic rings. The summed E-state index contributed by atoms with van der Waals surface area (Å²) in [4.78, 5) is 31.5. The predicted octanol–water partition coefficient (Wildman–Crippen LogP) is 5.93. The van der Waals surface area contributed by atoms with Gasteiger partial charge >= 0.3 is 0 Å². The molecule has 1 aromatic heterocycles. The molecule has 2 aliphatic carbocycles. The van der Waals surface area contributed by atoms with Crippen molar-refractivity contribution < 1.29 is 28.4 Å². The number of methoxy groups -OCH3 is 1. The molecule has 0 bridgehead atoms. The highest BCUT2D eigenvalue weighted by molar-refractivity contribution is 7.90. The fraction of sp³-hybridized carbons (Fsp3) is 0.487. The van der Waals surface area contributed by atoms with E-state index in [1.54, 1.807) is 45.7 Å². The predicted molar refractivity (Wildman–Crippen MR) is 203 cm³/mol. The van der Waals surface area contributed by atoms with E-state index in [-0.39, 0.29) is 24.0 Å². The van der Waals surface area contributed by atoms with E-state index in [1.165, 1.54) is 17.3 Å². The summed E-state index contributed by atoms with van der Waals surface area (Å²) in [7, 11) is 3.48. The number of fused-ring (bicyclic) bond motifs is 3.